The number of piperidine rings is 1. The van der Waals surface area contributed by atoms with Crippen molar-refractivity contribution in [2.45, 2.75) is 57.2 Å². The van der Waals surface area contributed by atoms with Gasteiger partial charge in [-0.25, -0.2) is 4.68 Å². The lowest BCUT2D eigenvalue weighted by Gasteiger charge is -2.48. The molecule has 1 atom stereocenters. The molecule has 0 aromatic carbocycles. The Bertz CT molecular complexity index is 510. The number of ether oxygens (including phenoxy) is 1. The summed E-state index contributed by atoms with van der Waals surface area (Å²) in [5.41, 5.74) is 0.363. The van der Waals surface area contributed by atoms with Crippen molar-refractivity contribution in [3.05, 3.63) is 5.82 Å². The largest absolute Gasteiger partial charge is 0.395 e. The van der Waals surface area contributed by atoms with Crippen LogP contribution in [0.1, 0.15) is 50.4 Å². The number of likely N-dealkylation sites (tertiary alicyclic amines) is 1. The van der Waals surface area contributed by atoms with Crippen LogP contribution in [0.15, 0.2) is 0 Å². The Balaban J connectivity index is 1.50. The van der Waals surface area contributed by atoms with Crippen LogP contribution in [-0.2, 0) is 11.3 Å². The predicted octanol–water partition coefficient (Wildman–Crippen LogP) is 0.761. The van der Waals surface area contributed by atoms with E-state index in [9.17, 15) is 5.11 Å². The molecule has 3 fully saturated rings. The average molecular weight is 307 g/mol. The maximum atomic E-state index is 9.74. The van der Waals surface area contributed by atoms with E-state index in [1.807, 2.05) is 4.68 Å². The smallest absolute Gasteiger partial charge is 0.165 e. The van der Waals surface area contributed by atoms with Crippen molar-refractivity contribution >= 4 is 0 Å². The molecule has 0 amide bonds. The maximum absolute atomic E-state index is 9.74. The topological polar surface area (TPSA) is 76.3 Å². The van der Waals surface area contributed by atoms with Gasteiger partial charge in [0.15, 0.2) is 5.82 Å². The third kappa shape index (κ3) is 2.77. The standard InChI is InChI=1S/C15H25N5O2/c21-10-13-3-4-15(5-7-22-8-6-15)11-19(13)9-14-16-17-18-20(14)12-1-2-12/h12-13,21H,1-11H2. The Labute approximate surface area is 130 Å². The highest BCUT2D eigenvalue weighted by atomic mass is 16.5. The molecule has 1 N–H and O–H groups in total. The van der Waals surface area contributed by atoms with Crippen molar-refractivity contribution in [3.63, 3.8) is 0 Å². The van der Waals surface area contributed by atoms with Crippen LogP contribution >= 0.6 is 0 Å². The fourth-order valence-corrected chi connectivity index (χ4v) is 4.00. The van der Waals surface area contributed by atoms with Crippen LogP contribution in [0.2, 0.25) is 0 Å². The van der Waals surface area contributed by atoms with Crippen molar-refractivity contribution < 1.29 is 9.84 Å². The third-order valence-corrected chi connectivity index (χ3v) is 5.63. The first-order valence-electron chi connectivity index (χ1n) is 8.49. The first kappa shape index (κ1) is 14.5. The molecule has 1 spiro atoms. The molecule has 22 heavy (non-hydrogen) atoms. The van der Waals surface area contributed by atoms with Crippen molar-refractivity contribution in [1.29, 1.82) is 0 Å². The normalized spacial score (nSPS) is 29.0. The summed E-state index contributed by atoms with van der Waals surface area (Å²) in [6, 6.07) is 0.734. The molecule has 1 saturated carbocycles. The van der Waals surface area contributed by atoms with Crippen LogP contribution in [0.25, 0.3) is 0 Å². The van der Waals surface area contributed by atoms with E-state index >= 15 is 0 Å². The number of aliphatic hydroxyl groups excluding tert-OH is 1. The molecule has 1 unspecified atom stereocenters. The van der Waals surface area contributed by atoms with Crippen LogP contribution in [0.5, 0.6) is 0 Å². The van der Waals surface area contributed by atoms with Crippen LogP contribution in [0.4, 0.5) is 0 Å². The lowest BCUT2D eigenvalue weighted by atomic mass is 9.72. The predicted molar refractivity (Wildman–Crippen MR) is 79.1 cm³/mol. The molecule has 1 aromatic heterocycles. The fourth-order valence-electron chi connectivity index (χ4n) is 4.00. The lowest BCUT2D eigenvalue weighted by molar-refractivity contribution is -0.0560. The second-order valence-electron chi connectivity index (χ2n) is 7.16. The quantitative estimate of drug-likeness (QED) is 0.885. The molecule has 4 rings (SSSR count). The fraction of sp³-hybridized carbons (Fsp3) is 0.933. The van der Waals surface area contributed by atoms with E-state index in [0.29, 0.717) is 11.5 Å². The number of hydrogen-bond acceptors (Lipinski definition) is 6. The van der Waals surface area contributed by atoms with Crippen LogP contribution in [0, 0.1) is 5.41 Å². The molecule has 0 radical (unpaired) electrons. The molecule has 7 heteroatoms. The Hall–Kier alpha value is -1.05. The molecule has 3 aliphatic rings. The molecule has 1 aromatic rings. The second-order valence-corrected chi connectivity index (χ2v) is 7.16. The Morgan fingerprint density at radius 2 is 2.00 bits per heavy atom. The van der Waals surface area contributed by atoms with Gasteiger partial charge in [0.05, 0.1) is 19.2 Å². The minimum atomic E-state index is 0.220. The van der Waals surface area contributed by atoms with Crippen molar-refractivity contribution in [1.82, 2.24) is 25.1 Å². The highest BCUT2D eigenvalue weighted by Gasteiger charge is 2.41. The summed E-state index contributed by atoms with van der Waals surface area (Å²) in [7, 11) is 0. The molecular weight excluding hydrogens is 282 g/mol. The number of nitrogens with zero attached hydrogens (tertiary/aromatic N) is 5. The second kappa shape index (κ2) is 5.86. The van der Waals surface area contributed by atoms with Gasteiger partial charge >= 0.3 is 0 Å². The number of aromatic nitrogens is 4. The zero-order valence-electron chi connectivity index (χ0n) is 13.0. The molecule has 0 bridgehead atoms. The summed E-state index contributed by atoms with van der Waals surface area (Å²) < 4.78 is 7.53. The highest BCUT2D eigenvalue weighted by molar-refractivity contribution is 4.96. The van der Waals surface area contributed by atoms with Crippen molar-refractivity contribution in [2.75, 3.05) is 26.4 Å². The maximum Gasteiger partial charge on any atom is 0.165 e. The van der Waals surface area contributed by atoms with Gasteiger partial charge in [-0.2, -0.15) is 0 Å². The zero-order chi connectivity index (χ0) is 15.0. The number of rotatable bonds is 4. The van der Waals surface area contributed by atoms with E-state index in [1.54, 1.807) is 0 Å². The van der Waals surface area contributed by atoms with Gasteiger partial charge < -0.3 is 9.84 Å². The molecule has 122 valence electrons. The molecule has 3 heterocycles. The van der Waals surface area contributed by atoms with Gasteiger partial charge in [0.1, 0.15) is 0 Å². The number of aliphatic hydroxyl groups is 1. The molecule has 2 aliphatic heterocycles. The Morgan fingerprint density at radius 3 is 2.73 bits per heavy atom. The van der Waals surface area contributed by atoms with E-state index in [0.717, 1.165) is 51.4 Å². The van der Waals surface area contributed by atoms with Crippen molar-refractivity contribution in [3.8, 4) is 0 Å². The third-order valence-electron chi connectivity index (χ3n) is 5.63. The van der Waals surface area contributed by atoms with Gasteiger partial charge in [0.25, 0.3) is 0 Å². The highest BCUT2D eigenvalue weighted by Crippen LogP contribution is 2.41. The number of hydrogen-bond donors (Lipinski definition) is 1. The van der Waals surface area contributed by atoms with Crippen LogP contribution < -0.4 is 0 Å². The first-order chi connectivity index (χ1) is 10.8. The van der Waals surface area contributed by atoms with Crippen LogP contribution in [0.3, 0.4) is 0 Å². The zero-order valence-corrected chi connectivity index (χ0v) is 13.0. The van der Waals surface area contributed by atoms with Gasteiger partial charge in [-0.1, -0.05) is 0 Å². The summed E-state index contributed by atoms with van der Waals surface area (Å²) in [5.74, 6) is 0.949. The SMILES string of the molecule is OCC1CCC2(CCOCC2)CN1Cc1nnnn1C1CC1. The van der Waals surface area contributed by atoms with E-state index in [4.69, 9.17) is 4.74 Å². The Kier molecular flexibility index (Phi) is 3.88. The van der Waals surface area contributed by atoms with E-state index in [2.05, 4.69) is 20.4 Å². The van der Waals surface area contributed by atoms with Gasteiger partial charge in [0, 0.05) is 25.8 Å². The van der Waals surface area contributed by atoms with E-state index < -0.39 is 0 Å². The molecular formula is C15H25N5O2. The summed E-state index contributed by atoms with van der Waals surface area (Å²) in [5, 5.41) is 22.0. The summed E-state index contributed by atoms with van der Waals surface area (Å²) in [4.78, 5) is 2.40. The van der Waals surface area contributed by atoms with Gasteiger partial charge in [-0.3, -0.25) is 4.90 Å². The average Bonchev–Trinajstić information content (AvgIpc) is 3.28. The lowest BCUT2D eigenvalue weighted by Crippen LogP contribution is -2.51. The van der Waals surface area contributed by atoms with Gasteiger partial charge in [-0.05, 0) is 54.4 Å². The molecule has 7 nitrogen and oxygen atoms in total. The minimum Gasteiger partial charge on any atom is -0.395 e. The summed E-state index contributed by atoms with van der Waals surface area (Å²) in [6.45, 7) is 3.74. The van der Waals surface area contributed by atoms with E-state index in [-0.39, 0.29) is 12.6 Å². The Morgan fingerprint density at radius 1 is 1.18 bits per heavy atom. The molecule has 1 aliphatic carbocycles. The van der Waals surface area contributed by atoms with Crippen molar-refractivity contribution in [2.24, 2.45) is 5.41 Å². The first-order valence-corrected chi connectivity index (χ1v) is 8.49. The monoisotopic (exact) mass is 307 g/mol. The van der Waals surface area contributed by atoms with Crippen LogP contribution in [-0.4, -0.2) is 62.6 Å². The van der Waals surface area contributed by atoms with E-state index in [1.165, 1.54) is 19.3 Å². The number of tetrazole rings is 1. The molecule has 2 saturated heterocycles. The van der Waals surface area contributed by atoms with Gasteiger partial charge in [-0.15, -0.1) is 5.10 Å². The summed E-state index contributed by atoms with van der Waals surface area (Å²) >= 11 is 0. The minimum absolute atomic E-state index is 0.220. The van der Waals surface area contributed by atoms with Gasteiger partial charge in [0.2, 0.25) is 0 Å². The summed E-state index contributed by atoms with van der Waals surface area (Å²) in [6.07, 6.45) is 6.89.